The number of aryl methyl sites for hydroxylation is 1. The van der Waals surface area contributed by atoms with Gasteiger partial charge in [0.2, 0.25) is 0 Å². The lowest BCUT2D eigenvalue weighted by atomic mass is 10.2. The zero-order chi connectivity index (χ0) is 11.3. The molecule has 1 aromatic rings. The number of anilines is 1. The molecule has 0 aliphatic rings. The van der Waals surface area contributed by atoms with Crippen LogP contribution < -0.4 is 5.73 Å². The van der Waals surface area contributed by atoms with Crippen molar-refractivity contribution in [1.29, 1.82) is 0 Å². The topological polar surface area (TPSA) is 42.1 Å². The summed E-state index contributed by atoms with van der Waals surface area (Å²) in [6.45, 7) is 2.96. The molecule has 0 atom stereocenters. The maximum Gasteiger partial charge on any atom is 0.125 e. The smallest absolute Gasteiger partial charge is 0.125 e. The van der Waals surface area contributed by atoms with Crippen LogP contribution in [0.5, 0.6) is 0 Å². The summed E-state index contributed by atoms with van der Waals surface area (Å²) in [5.74, 6) is 6.63. The Morgan fingerprint density at radius 3 is 2.73 bits per heavy atom. The third-order valence-corrected chi connectivity index (χ3v) is 1.89. The number of nitrogen functional groups attached to an aromatic ring is 1. The van der Waals surface area contributed by atoms with E-state index in [0.717, 1.165) is 24.2 Å². The molecule has 0 amide bonds. The molecule has 0 radical (unpaired) electrons. The summed E-state index contributed by atoms with van der Waals surface area (Å²) >= 11 is 0. The van der Waals surface area contributed by atoms with E-state index in [1.165, 1.54) is 0 Å². The average Bonchev–Trinajstić information content (AvgIpc) is 2.10. The van der Waals surface area contributed by atoms with Crippen LogP contribution in [0.15, 0.2) is 12.1 Å². The van der Waals surface area contributed by atoms with Crippen LogP contribution in [0.25, 0.3) is 0 Å². The molecular weight excluding hydrogens is 186 g/mol. The number of aromatic nitrogens is 1. The van der Waals surface area contributed by atoms with E-state index in [1.807, 2.05) is 33.2 Å². The molecule has 1 heterocycles. The lowest BCUT2D eigenvalue weighted by Gasteiger charge is -2.04. The van der Waals surface area contributed by atoms with Crippen molar-refractivity contribution in [3.8, 4) is 11.8 Å². The van der Waals surface area contributed by atoms with Crippen LogP contribution in [-0.4, -0.2) is 30.5 Å². The summed E-state index contributed by atoms with van der Waals surface area (Å²) in [7, 11) is 4.06. The van der Waals surface area contributed by atoms with E-state index in [2.05, 4.69) is 21.7 Å². The molecule has 0 bridgehead atoms. The molecule has 1 aromatic heterocycles. The van der Waals surface area contributed by atoms with Crippen LogP contribution in [-0.2, 0) is 0 Å². The zero-order valence-electron chi connectivity index (χ0n) is 9.54. The van der Waals surface area contributed by atoms with Crippen LogP contribution in [0.2, 0.25) is 0 Å². The molecule has 0 aromatic carbocycles. The fraction of sp³-hybridized carbons (Fsp3) is 0.417. The number of hydrogen-bond donors (Lipinski definition) is 1. The molecule has 1 rings (SSSR count). The van der Waals surface area contributed by atoms with Crippen molar-refractivity contribution >= 4 is 5.82 Å². The Morgan fingerprint density at radius 1 is 1.40 bits per heavy atom. The van der Waals surface area contributed by atoms with Gasteiger partial charge in [0.05, 0.1) is 0 Å². The molecule has 0 aliphatic heterocycles. The van der Waals surface area contributed by atoms with Crippen LogP contribution >= 0.6 is 0 Å². The minimum atomic E-state index is 0.534. The number of nitrogens with two attached hydrogens (primary N) is 1. The van der Waals surface area contributed by atoms with Crippen molar-refractivity contribution in [2.24, 2.45) is 0 Å². The Balaban J connectivity index is 2.63. The van der Waals surface area contributed by atoms with Gasteiger partial charge in [-0.2, -0.15) is 0 Å². The molecule has 0 spiro atoms. The van der Waals surface area contributed by atoms with Gasteiger partial charge in [-0.15, -0.1) is 0 Å². The Bertz CT molecular complexity index is 365. The highest BCUT2D eigenvalue weighted by molar-refractivity contribution is 5.40. The van der Waals surface area contributed by atoms with Crippen LogP contribution in [0, 0.1) is 18.8 Å². The molecule has 0 aliphatic carbocycles. The van der Waals surface area contributed by atoms with Crippen LogP contribution in [0.1, 0.15) is 17.7 Å². The molecule has 0 fully saturated rings. The third kappa shape index (κ3) is 4.48. The van der Waals surface area contributed by atoms with Crippen molar-refractivity contribution in [1.82, 2.24) is 9.88 Å². The first kappa shape index (κ1) is 11.5. The molecule has 0 saturated heterocycles. The summed E-state index contributed by atoms with van der Waals surface area (Å²) in [5.41, 5.74) is 7.48. The van der Waals surface area contributed by atoms with Gasteiger partial charge in [-0.3, -0.25) is 0 Å². The molecule has 0 saturated carbocycles. The van der Waals surface area contributed by atoms with Crippen molar-refractivity contribution in [3.05, 3.63) is 23.4 Å². The zero-order valence-corrected chi connectivity index (χ0v) is 9.54. The largest absolute Gasteiger partial charge is 0.384 e. The molecule has 3 heteroatoms. The molecule has 3 nitrogen and oxygen atoms in total. The highest BCUT2D eigenvalue weighted by Gasteiger charge is 1.93. The molecule has 15 heavy (non-hydrogen) atoms. The number of hydrogen-bond acceptors (Lipinski definition) is 3. The Hall–Kier alpha value is -1.53. The van der Waals surface area contributed by atoms with E-state index in [1.54, 1.807) is 0 Å². The van der Waals surface area contributed by atoms with Gasteiger partial charge >= 0.3 is 0 Å². The van der Waals surface area contributed by atoms with Gasteiger partial charge in [-0.05, 0) is 44.6 Å². The second-order valence-corrected chi connectivity index (χ2v) is 3.81. The highest BCUT2D eigenvalue weighted by Crippen LogP contribution is 2.04. The summed E-state index contributed by atoms with van der Waals surface area (Å²) in [6.07, 6.45) is 0.850. The van der Waals surface area contributed by atoms with Crippen molar-refractivity contribution in [3.63, 3.8) is 0 Å². The standard InChI is InChI=1S/C12H17N3/c1-10-8-11(14-12(13)9-10)6-4-5-7-15(2)3/h8-9H,5,7H2,1-3H3,(H2,13,14). The maximum absolute atomic E-state index is 5.62. The average molecular weight is 203 g/mol. The second-order valence-electron chi connectivity index (χ2n) is 3.81. The SMILES string of the molecule is Cc1cc(N)nc(C#CCCN(C)C)c1. The minimum Gasteiger partial charge on any atom is -0.384 e. The van der Waals surface area contributed by atoms with Crippen molar-refractivity contribution in [2.45, 2.75) is 13.3 Å². The Labute approximate surface area is 91.3 Å². The second kappa shape index (κ2) is 5.38. The van der Waals surface area contributed by atoms with Gasteiger partial charge in [0.1, 0.15) is 11.5 Å². The van der Waals surface area contributed by atoms with E-state index >= 15 is 0 Å². The normalized spacial score (nSPS) is 9.87. The predicted octanol–water partition coefficient (Wildman–Crippen LogP) is 1.28. The Kier molecular flexibility index (Phi) is 4.14. The van der Waals surface area contributed by atoms with Crippen LogP contribution in [0.4, 0.5) is 5.82 Å². The van der Waals surface area contributed by atoms with E-state index in [-0.39, 0.29) is 0 Å². The monoisotopic (exact) mass is 203 g/mol. The first-order valence-corrected chi connectivity index (χ1v) is 4.95. The molecule has 0 unspecified atom stereocenters. The number of pyridine rings is 1. The van der Waals surface area contributed by atoms with Crippen molar-refractivity contribution in [2.75, 3.05) is 26.4 Å². The lowest BCUT2D eigenvalue weighted by molar-refractivity contribution is 0.420. The lowest BCUT2D eigenvalue weighted by Crippen LogP contribution is -2.11. The fourth-order valence-electron chi connectivity index (χ4n) is 1.19. The highest BCUT2D eigenvalue weighted by atomic mass is 15.0. The van der Waals surface area contributed by atoms with Crippen molar-refractivity contribution < 1.29 is 0 Å². The quantitative estimate of drug-likeness (QED) is 0.736. The van der Waals surface area contributed by atoms with E-state index < -0.39 is 0 Å². The summed E-state index contributed by atoms with van der Waals surface area (Å²) in [6, 6.07) is 3.78. The first-order valence-electron chi connectivity index (χ1n) is 4.95. The third-order valence-electron chi connectivity index (χ3n) is 1.89. The minimum absolute atomic E-state index is 0.534. The molecule has 2 N–H and O–H groups in total. The van der Waals surface area contributed by atoms with Crippen LogP contribution in [0.3, 0.4) is 0 Å². The van der Waals surface area contributed by atoms with Gasteiger partial charge in [0, 0.05) is 13.0 Å². The number of rotatable bonds is 2. The van der Waals surface area contributed by atoms with E-state index in [4.69, 9.17) is 5.73 Å². The molecule has 80 valence electrons. The fourth-order valence-corrected chi connectivity index (χ4v) is 1.19. The van der Waals surface area contributed by atoms with Gasteiger partial charge in [-0.1, -0.05) is 5.92 Å². The Morgan fingerprint density at radius 2 is 2.13 bits per heavy atom. The predicted molar refractivity (Wildman–Crippen MR) is 63.4 cm³/mol. The van der Waals surface area contributed by atoms with Gasteiger partial charge < -0.3 is 10.6 Å². The van der Waals surface area contributed by atoms with E-state index in [0.29, 0.717) is 5.82 Å². The summed E-state index contributed by atoms with van der Waals surface area (Å²) in [4.78, 5) is 6.25. The van der Waals surface area contributed by atoms with Gasteiger partial charge in [0.25, 0.3) is 0 Å². The summed E-state index contributed by atoms with van der Waals surface area (Å²) in [5, 5.41) is 0. The number of nitrogens with zero attached hydrogens (tertiary/aromatic N) is 2. The van der Waals surface area contributed by atoms with Gasteiger partial charge in [0.15, 0.2) is 0 Å². The first-order chi connectivity index (χ1) is 7.08. The van der Waals surface area contributed by atoms with Gasteiger partial charge in [-0.25, -0.2) is 4.98 Å². The molecular formula is C12H17N3. The maximum atomic E-state index is 5.62. The summed E-state index contributed by atoms with van der Waals surface area (Å²) < 4.78 is 0. The van der Waals surface area contributed by atoms with E-state index in [9.17, 15) is 0 Å².